The summed E-state index contributed by atoms with van der Waals surface area (Å²) < 4.78 is 16.0. The van der Waals surface area contributed by atoms with Crippen molar-refractivity contribution < 1.29 is 14.4 Å². The lowest BCUT2D eigenvalue weighted by Gasteiger charge is -2.05. The highest BCUT2D eigenvalue weighted by atomic mass is 79.9. The van der Waals surface area contributed by atoms with Crippen molar-refractivity contribution in [1.82, 2.24) is 5.48 Å². The Morgan fingerprint density at radius 1 is 1.05 bits per heavy atom. The van der Waals surface area contributed by atoms with Gasteiger partial charge in [-0.15, -0.1) is 0 Å². The van der Waals surface area contributed by atoms with Gasteiger partial charge in [0, 0.05) is 16.3 Å². The Hall–Kier alpha value is -1.72. The molecule has 3 nitrogen and oxygen atoms in total. The van der Waals surface area contributed by atoms with Crippen LogP contribution in [0.2, 0.25) is 0 Å². The SMILES string of the molecule is O=C(NO)[C@]1(F)[C@H](c2ccccc2)[C@H]1c1ccc(Br)cc1. The van der Waals surface area contributed by atoms with E-state index in [0.717, 1.165) is 15.6 Å². The number of halogens is 2. The summed E-state index contributed by atoms with van der Waals surface area (Å²) in [6, 6.07) is 16.2. The zero-order valence-corrected chi connectivity index (χ0v) is 12.5. The highest BCUT2D eigenvalue weighted by molar-refractivity contribution is 9.10. The van der Waals surface area contributed by atoms with Gasteiger partial charge in [0.2, 0.25) is 5.67 Å². The largest absolute Gasteiger partial charge is 0.289 e. The molecule has 0 bridgehead atoms. The third-order valence-electron chi connectivity index (χ3n) is 3.97. The Labute approximate surface area is 129 Å². The first-order valence-corrected chi connectivity index (χ1v) is 7.32. The molecule has 21 heavy (non-hydrogen) atoms. The summed E-state index contributed by atoms with van der Waals surface area (Å²) in [5, 5.41) is 8.84. The fourth-order valence-electron chi connectivity index (χ4n) is 2.93. The van der Waals surface area contributed by atoms with Crippen LogP contribution in [0.3, 0.4) is 0 Å². The van der Waals surface area contributed by atoms with Crippen LogP contribution in [0.4, 0.5) is 4.39 Å². The Bertz CT molecular complexity index is 662. The van der Waals surface area contributed by atoms with Gasteiger partial charge >= 0.3 is 0 Å². The van der Waals surface area contributed by atoms with Gasteiger partial charge in [-0.25, -0.2) is 9.87 Å². The summed E-state index contributed by atoms with van der Waals surface area (Å²) in [5.74, 6) is -2.18. The normalized spacial score (nSPS) is 27.2. The van der Waals surface area contributed by atoms with Gasteiger partial charge in [-0.2, -0.15) is 0 Å². The average Bonchev–Trinajstić information content (AvgIpc) is 3.15. The molecule has 1 amide bonds. The molecular weight excluding hydrogens is 337 g/mol. The Balaban J connectivity index is 2.01. The van der Waals surface area contributed by atoms with Crippen molar-refractivity contribution in [2.24, 2.45) is 0 Å². The molecule has 0 unspecified atom stereocenters. The van der Waals surface area contributed by atoms with Crippen molar-refractivity contribution in [3.8, 4) is 0 Å². The smallest absolute Gasteiger partial charge is 0.282 e. The molecule has 0 radical (unpaired) electrons. The lowest BCUT2D eigenvalue weighted by Crippen LogP contribution is -2.33. The fraction of sp³-hybridized carbons (Fsp3) is 0.188. The van der Waals surface area contributed by atoms with Gasteiger partial charge in [-0.05, 0) is 23.3 Å². The number of hydroxylamine groups is 1. The number of hydrogen-bond donors (Lipinski definition) is 2. The van der Waals surface area contributed by atoms with Gasteiger partial charge < -0.3 is 0 Å². The van der Waals surface area contributed by atoms with Crippen LogP contribution in [0.1, 0.15) is 23.0 Å². The van der Waals surface area contributed by atoms with Crippen LogP contribution in [0.25, 0.3) is 0 Å². The monoisotopic (exact) mass is 349 g/mol. The minimum atomic E-state index is -2.12. The van der Waals surface area contributed by atoms with Crippen LogP contribution in [-0.4, -0.2) is 16.8 Å². The van der Waals surface area contributed by atoms with Crippen molar-refractivity contribution in [2.75, 3.05) is 0 Å². The van der Waals surface area contributed by atoms with E-state index in [9.17, 15) is 4.79 Å². The second kappa shape index (κ2) is 5.24. The van der Waals surface area contributed by atoms with Crippen molar-refractivity contribution in [1.29, 1.82) is 0 Å². The molecule has 1 aliphatic rings. The highest BCUT2D eigenvalue weighted by Crippen LogP contribution is 2.66. The molecule has 1 fully saturated rings. The fourth-order valence-corrected chi connectivity index (χ4v) is 3.19. The van der Waals surface area contributed by atoms with Crippen molar-refractivity contribution in [2.45, 2.75) is 17.5 Å². The summed E-state index contributed by atoms with van der Waals surface area (Å²) in [4.78, 5) is 11.8. The number of benzene rings is 2. The lowest BCUT2D eigenvalue weighted by atomic mass is 10.0. The number of alkyl halides is 1. The minimum Gasteiger partial charge on any atom is -0.289 e. The minimum absolute atomic E-state index is 0.591. The van der Waals surface area contributed by atoms with Crippen LogP contribution in [0.15, 0.2) is 59.1 Å². The van der Waals surface area contributed by atoms with E-state index in [2.05, 4.69) is 15.9 Å². The van der Waals surface area contributed by atoms with E-state index >= 15 is 4.39 Å². The first-order valence-electron chi connectivity index (χ1n) is 6.53. The van der Waals surface area contributed by atoms with Gasteiger partial charge in [0.05, 0.1) is 0 Å². The maximum Gasteiger partial charge on any atom is 0.282 e. The van der Waals surface area contributed by atoms with E-state index in [0.29, 0.717) is 0 Å². The van der Waals surface area contributed by atoms with E-state index in [1.54, 1.807) is 24.3 Å². The number of nitrogens with one attached hydrogen (secondary N) is 1. The Kier molecular flexibility index (Phi) is 3.55. The van der Waals surface area contributed by atoms with Crippen LogP contribution < -0.4 is 5.48 Å². The van der Waals surface area contributed by atoms with Gasteiger partial charge in [-0.3, -0.25) is 10.0 Å². The summed E-state index contributed by atoms with van der Waals surface area (Å²) in [6.45, 7) is 0. The molecule has 0 heterocycles. The zero-order chi connectivity index (χ0) is 15.0. The molecule has 0 spiro atoms. The summed E-state index contributed by atoms with van der Waals surface area (Å²) >= 11 is 3.33. The topological polar surface area (TPSA) is 49.3 Å². The molecule has 5 heteroatoms. The maximum atomic E-state index is 15.1. The molecule has 3 atom stereocenters. The number of amides is 1. The van der Waals surface area contributed by atoms with Crippen LogP contribution >= 0.6 is 15.9 Å². The summed E-state index contributed by atoms with van der Waals surface area (Å²) in [6.07, 6.45) is 0. The molecule has 108 valence electrons. The van der Waals surface area contributed by atoms with Gasteiger partial charge in [0.15, 0.2) is 0 Å². The van der Waals surface area contributed by atoms with Crippen molar-refractivity contribution in [3.63, 3.8) is 0 Å². The van der Waals surface area contributed by atoms with E-state index < -0.39 is 23.4 Å². The second-order valence-electron chi connectivity index (χ2n) is 5.13. The maximum absolute atomic E-state index is 15.1. The number of rotatable bonds is 3. The second-order valence-corrected chi connectivity index (χ2v) is 6.04. The van der Waals surface area contributed by atoms with Crippen LogP contribution in [0.5, 0.6) is 0 Å². The van der Waals surface area contributed by atoms with Gasteiger partial charge in [0.25, 0.3) is 5.91 Å². The van der Waals surface area contributed by atoms with Crippen LogP contribution in [0, 0.1) is 0 Å². The zero-order valence-electron chi connectivity index (χ0n) is 11.0. The molecular formula is C16H13BrFNO2. The van der Waals surface area contributed by atoms with Crippen LogP contribution in [-0.2, 0) is 4.79 Å². The quantitative estimate of drug-likeness (QED) is 0.657. The summed E-state index contributed by atoms with van der Waals surface area (Å²) in [5.41, 5.74) is 0.815. The third kappa shape index (κ3) is 2.26. The number of hydrogen-bond acceptors (Lipinski definition) is 2. The van der Waals surface area contributed by atoms with Gasteiger partial charge in [0.1, 0.15) is 0 Å². The first kappa shape index (κ1) is 14.2. The summed E-state index contributed by atoms with van der Waals surface area (Å²) in [7, 11) is 0. The number of carbonyl (C=O) groups excluding carboxylic acids is 1. The first-order chi connectivity index (χ1) is 10.1. The van der Waals surface area contributed by atoms with Crippen molar-refractivity contribution in [3.05, 3.63) is 70.2 Å². The van der Waals surface area contributed by atoms with E-state index in [4.69, 9.17) is 5.21 Å². The van der Waals surface area contributed by atoms with E-state index in [-0.39, 0.29) is 0 Å². The molecule has 2 aromatic rings. The molecule has 0 aromatic heterocycles. The lowest BCUT2D eigenvalue weighted by molar-refractivity contribution is -0.136. The van der Waals surface area contributed by atoms with Gasteiger partial charge in [-0.1, -0.05) is 58.4 Å². The Morgan fingerprint density at radius 2 is 1.57 bits per heavy atom. The third-order valence-corrected chi connectivity index (χ3v) is 4.50. The molecule has 2 aromatic carbocycles. The molecule has 0 aliphatic heterocycles. The number of carbonyl (C=O) groups is 1. The standard InChI is InChI=1S/C16H13BrFNO2/c17-12-8-6-11(7-9-12)14-13(10-4-2-1-3-5-10)16(14,18)15(20)19-21/h1-9,13-14,21H,(H,19,20)/t13-,14-,16+/m1/s1. The Morgan fingerprint density at radius 3 is 2.10 bits per heavy atom. The predicted molar refractivity (Wildman–Crippen MR) is 79.8 cm³/mol. The van der Waals surface area contributed by atoms with E-state index in [1.165, 1.54) is 5.48 Å². The highest BCUT2D eigenvalue weighted by Gasteiger charge is 2.72. The molecule has 3 rings (SSSR count). The molecule has 0 saturated heterocycles. The van der Waals surface area contributed by atoms with Crippen molar-refractivity contribution >= 4 is 21.8 Å². The average molecular weight is 350 g/mol. The molecule has 1 aliphatic carbocycles. The molecule has 2 N–H and O–H groups in total. The molecule has 1 saturated carbocycles. The predicted octanol–water partition coefficient (Wildman–Crippen LogP) is 3.54. The van der Waals surface area contributed by atoms with E-state index in [1.807, 2.05) is 30.3 Å².